The molecule has 0 saturated heterocycles. The molecule has 0 aromatic carbocycles. The lowest BCUT2D eigenvalue weighted by Gasteiger charge is -2.11. The van der Waals surface area contributed by atoms with Crippen molar-refractivity contribution < 1.29 is 4.39 Å². The Labute approximate surface area is 85.3 Å². The quantitative estimate of drug-likeness (QED) is 0.428. The number of amidine groups is 1. The van der Waals surface area contributed by atoms with E-state index in [4.69, 9.17) is 0 Å². The summed E-state index contributed by atoms with van der Waals surface area (Å²) >= 11 is 4.62. The van der Waals surface area contributed by atoms with E-state index < -0.39 is 6.17 Å². The van der Waals surface area contributed by atoms with E-state index in [1.54, 1.807) is 11.0 Å². The van der Waals surface area contributed by atoms with Gasteiger partial charge in [0.1, 0.15) is 6.17 Å². The van der Waals surface area contributed by atoms with E-state index >= 15 is 0 Å². The Hall–Kier alpha value is -0.0300. The molecule has 0 aliphatic rings. The summed E-state index contributed by atoms with van der Waals surface area (Å²) in [5.41, 5.74) is 0.241. The Morgan fingerprint density at radius 3 is 2.50 bits per heavy atom. The van der Waals surface area contributed by atoms with Crippen LogP contribution >= 0.6 is 27.9 Å². The van der Waals surface area contributed by atoms with Crippen LogP contribution in [0.15, 0.2) is 17.3 Å². The smallest absolute Gasteiger partial charge is 0.173 e. The van der Waals surface area contributed by atoms with Gasteiger partial charge < -0.3 is 0 Å². The molecule has 0 rings (SSSR count). The number of rotatable bonds is 2. The molecular formula is C7H12BrFN2S. The van der Waals surface area contributed by atoms with Gasteiger partial charge in [0.15, 0.2) is 5.17 Å². The van der Waals surface area contributed by atoms with Crippen molar-refractivity contribution in [2.45, 2.75) is 13.1 Å². The van der Waals surface area contributed by atoms with Gasteiger partial charge in [0, 0.05) is 7.05 Å². The maximum absolute atomic E-state index is 12.6. The van der Waals surface area contributed by atoms with Crippen LogP contribution in [0.4, 0.5) is 4.39 Å². The van der Waals surface area contributed by atoms with Crippen LogP contribution in [0.2, 0.25) is 0 Å². The molecule has 0 fully saturated rings. The number of hydrogen-bond acceptors (Lipinski definition) is 2. The maximum atomic E-state index is 12.6. The number of hydrogen-bond donors (Lipinski definition) is 0. The second-order valence-electron chi connectivity index (χ2n) is 2.18. The molecule has 0 N–H and O–H groups in total. The van der Waals surface area contributed by atoms with Crippen molar-refractivity contribution in [2.75, 3.05) is 13.3 Å². The summed E-state index contributed by atoms with van der Waals surface area (Å²) in [5.74, 6) is 0. The number of thioether (sulfide) groups is 1. The number of alkyl halides is 1. The van der Waals surface area contributed by atoms with Crippen molar-refractivity contribution in [3.63, 3.8) is 0 Å². The van der Waals surface area contributed by atoms with E-state index in [0.717, 1.165) is 0 Å². The summed E-state index contributed by atoms with van der Waals surface area (Å²) in [6, 6.07) is 0. The third-order valence-corrected chi connectivity index (χ3v) is 2.45. The number of nitrogens with zero attached hydrogens (tertiary/aromatic N) is 2. The largest absolute Gasteiger partial charge is 0.291 e. The SMILES string of the molecule is C=C(/N=C(/SC)N(C)Br)C(C)F. The average Bonchev–Trinajstić information content (AvgIpc) is 1.98. The van der Waals surface area contributed by atoms with Gasteiger partial charge in [-0.05, 0) is 13.2 Å². The predicted molar refractivity (Wildman–Crippen MR) is 57.4 cm³/mol. The van der Waals surface area contributed by atoms with Gasteiger partial charge in [0.05, 0.1) is 21.8 Å². The topological polar surface area (TPSA) is 15.6 Å². The summed E-state index contributed by atoms with van der Waals surface area (Å²) in [6.07, 6.45) is 0.770. The van der Waals surface area contributed by atoms with Gasteiger partial charge in [-0.3, -0.25) is 3.93 Å². The molecule has 12 heavy (non-hydrogen) atoms. The van der Waals surface area contributed by atoms with Crippen LogP contribution in [-0.2, 0) is 0 Å². The van der Waals surface area contributed by atoms with Crippen LogP contribution in [0, 0.1) is 0 Å². The molecule has 0 aromatic heterocycles. The first-order valence-corrected chi connectivity index (χ1v) is 5.27. The minimum atomic E-state index is -1.10. The molecule has 0 spiro atoms. The Kier molecular flexibility index (Phi) is 5.57. The van der Waals surface area contributed by atoms with Crippen LogP contribution in [0.1, 0.15) is 6.92 Å². The molecule has 0 amide bonds. The molecule has 0 bridgehead atoms. The van der Waals surface area contributed by atoms with Crippen molar-refractivity contribution in [3.8, 4) is 0 Å². The van der Waals surface area contributed by atoms with Crippen molar-refractivity contribution in [3.05, 3.63) is 12.3 Å². The second kappa shape index (κ2) is 5.59. The average molecular weight is 255 g/mol. The minimum Gasteiger partial charge on any atom is -0.291 e. The molecular weight excluding hydrogens is 243 g/mol. The molecule has 5 heteroatoms. The van der Waals surface area contributed by atoms with Crippen LogP contribution < -0.4 is 0 Å². The predicted octanol–water partition coefficient (Wildman–Crippen LogP) is 2.82. The minimum absolute atomic E-state index is 0.241. The second-order valence-corrected chi connectivity index (χ2v) is 4.02. The Bertz CT molecular complexity index is 192. The van der Waals surface area contributed by atoms with E-state index in [-0.39, 0.29) is 5.70 Å². The van der Waals surface area contributed by atoms with Gasteiger partial charge >= 0.3 is 0 Å². The van der Waals surface area contributed by atoms with Crippen LogP contribution in [0.3, 0.4) is 0 Å². The van der Waals surface area contributed by atoms with Crippen molar-refractivity contribution >= 4 is 33.1 Å². The fourth-order valence-electron chi connectivity index (χ4n) is 0.452. The Balaban J connectivity index is 4.38. The zero-order chi connectivity index (χ0) is 9.72. The van der Waals surface area contributed by atoms with E-state index in [2.05, 4.69) is 27.7 Å². The summed E-state index contributed by atoms with van der Waals surface area (Å²) in [4.78, 5) is 3.98. The lowest BCUT2D eigenvalue weighted by molar-refractivity contribution is 0.409. The molecule has 0 aromatic rings. The molecule has 0 radical (unpaired) electrons. The highest BCUT2D eigenvalue weighted by Crippen LogP contribution is 2.13. The molecule has 0 aliphatic carbocycles. The fraction of sp³-hybridized carbons (Fsp3) is 0.571. The lowest BCUT2D eigenvalue weighted by atomic mass is 10.3. The van der Waals surface area contributed by atoms with Crippen LogP contribution in [0.5, 0.6) is 0 Å². The normalized spacial score (nSPS) is 14.2. The van der Waals surface area contributed by atoms with Crippen molar-refractivity contribution in [2.24, 2.45) is 4.99 Å². The molecule has 0 aliphatic heterocycles. The first-order chi connectivity index (χ1) is 5.49. The molecule has 1 unspecified atom stereocenters. The molecule has 0 heterocycles. The highest BCUT2D eigenvalue weighted by molar-refractivity contribution is 9.07. The van der Waals surface area contributed by atoms with Gasteiger partial charge in [-0.15, -0.1) is 0 Å². The summed E-state index contributed by atoms with van der Waals surface area (Å²) in [6.45, 7) is 4.92. The van der Waals surface area contributed by atoms with Crippen molar-refractivity contribution in [1.29, 1.82) is 0 Å². The van der Waals surface area contributed by atoms with E-state index in [1.807, 2.05) is 6.26 Å². The highest BCUT2D eigenvalue weighted by atomic mass is 79.9. The maximum Gasteiger partial charge on any atom is 0.173 e. The highest BCUT2D eigenvalue weighted by Gasteiger charge is 2.06. The number of aliphatic imine (C=N–C) groups is 1. The molecule has 0 saturated carbocycles. The van der Waals surface area contributed by atoms with E-state index in [1.165, 1.54) is 18.7 Å². The first kappa shape index (κ1) is 12.0. The molecule has 70 valence electrons. The van der Waals surface area contributed by atoms with Gasteiger partial charge in [0.2, 0.25) is 0 Å². The fourth-order valence-corrected chi connectivity index (χ4v) is 1.43. The third-order valence-electron chi connectivity index (χ3n) is 1.14. The standard InChI is InChI=1S/C7H12BrFN2S/c1-5(9)6(2)10-7(12-4)11(3)8/h5H,2H2,1,3-4H3/b10-7+. The summed E-state index contributed by atoms with van der Waals surface area (Å²) < 4.78 is 14.2. The van der Waals surface area contributed by atoms with Gasteiger partial charge in [0.25, 0.3) is 0 Å². The van der Waals surface area contributed by atoms with Gasteiger partial charge in [-0.2, -0.15) is 0 Å². The lowest BCUT2D eigenvalue weighted by Crippen LogP contribution is -2.12. The van der Waals surface area contributed by atoms with E-state index in [9.17, 15) is 4.39 Å². The third kappa shape index (κ3) is 4.11. The van der Waals surface area contributed by atoms with Crippen LogP contribution in [0.25, 0.3) is 0 Å². The Morgan fingerprint density at radius 2 is 2.25 bits per heavy atom. The number of halogens is 2. The monoisotopic (exact) mass is 254 g/mol. The summed E-state index contributed by atoms with van der Waals surface area (Å²) in [7, 11) is 1.78. The zero-order valence-electron chi connectivity index (χ0n) is 7.34. The number of allylic oxidation sites excluding steroid dienone is 1. The van der Waals surface area contributed by atoms with Crippen molar-refractivity contribution in [1.82, 2.24) is 3.93 Å². The first-order valence-electron chi connectivity index (χ1n) is 3.34. The van der Waals surface area contributed by atoms with Gasteiger partial charge in [-0.25, -0.2) is 9.38 Å². The van der Waals surface area contributed by atoms with Gasteiger partial charge in [-0.1, -0.05) is 18.3 Å². The summed E-state index contributed by atoms with van der Waals surface area (Å²) in [5, 5.41) is 0.685. The molecule has 2 nitrogen and oxygen atoms in total. The molecule has 1 atom stereocenters. The zero-order valence-corrected chi connectivity index (χ0v) is 9.75. The van der Waals surface area contributed by atoms with E-state index in [0.29, 0.717) is 5.17 Å². The Morgan fingerprint density at radius 1 is 1.75 bits per heavy atom. The van der Waals surface area contributed by atoms with Crippen LogP contribution in [-0.4, -0.2) is 28.6 Å².